The van der Waals surface area contributed by atoms with Crippen LogP contribution in [-0.4, -0.2) is 83.0 Å². The van der Waals surface area contributed by atoms with Gasteiger partial charge in [-0.2, -0.15) is 37.0 Å². The summed E-state index contributed by atoms with van der Waals surface area (Å²) in [5, 5.41) is -0.127. The van der Waals surface area contributed by atoms with Gasteiger partial charge in [-0.3, -0.25) is 29.0 Å². The summed E-state index contributed by atoms with van der Waals surface area (Å²) in [4.78, 5) is 44.9. The Kier molecular flexibility index (Phi) is 24.9. The van der Waals surface area contributed by atoms with Gasteiger partial charge < -0.3 is 0 Å². The Labute approximate surface area is 192 Å². The van der Waals surface area contributed by atoms with Crippen molar-refractivity contribution in [3.8, 4) is 0 Å². The summed E-state index contributed by atoms with van der Waals surface area (Å²) >= 11 is 8.75. The van der Waals surface area contributed by atoms with Crippen LogP contribution in [0.25, 0.3) is 0 Å². The molecule has 0 N–H and O–H groups in total. The molecule has 2 aliphatic rings. The van der Waals surface area contributed by atoms with E-state index in [-0.39, 0.29) is 28.9 Å². The Morgan fingerprint density at radius 1 is 1.00 bits per heavy atom. The van der Waals surface area contributed by atoms with Gasteiger partial charge in [0.1, 0.15) is 0 Å². The van der Waals surface area contributed by atoms with Gasteiger partial charge in [-0.15, -0.1) is 0 Å². The van der Waals surface area contributed by atoms with Gasteiger partial charge in [0.2, 0.25) is 11.8 Å². The molecule has 0 radical (unpaired) electrons. The summed E-state index contributed by atoms with van der Waals surface area (Å²) in [7, 11) is 6.68. The predicted molar refractivity (Wildman–Crippen MR) is 133 cm³/mol. The lowest BCUT2D eigenvalue weighted by Gasteiger charge is -2.04. The van der Waals surface area contributed by atoms with Crippen molar-refractivity contribution in [2.75, 3.05) is 44.4 Å². The van der Waals surface area contributed by atoms with Gasteiger partial charge >= 0.3 is 0 Å². The Balaban J connectivity index is -0.000000312. The highest BCUT2D eigenvalue weighted by Gasteiger charge is 2.34. The molecule has 164 valence electrons. The molecule has 0 bridgehead atoms. The topological polar surface area (TPSA) is 74.8 Å². The van der Waals surface area contributed by atoms with Crippen LogP contribution in [0.4, 0.5) is 0 Å². The molecule has 1 saturated heterocycles. The second-order valence-electron chi connectivity index (χ2n) is 4.68. The van der Waals surface area contributed by atoms with E-state index in [1.54, 1.807) is 6.26 Å². The third-order valence-electron chi connectivity index (χ3n) is 2.89. The predicted octanol–water partition coefficient (Wildman–Crippen LogP) is 3.15. The number of amides is 4. The molecule has 0 aromatic heterocycles. The molecular weight excluding hydrogens is 457 g/mol. The minimum Gasteiger partial charge on any atom is -0.285 e. The maximum atomic E-state index is 11.0. The van der Waals surface area contributed by atoms with Crippen LogP contribution in [0.2, 0.25) is 0 Å². The second kappa shape index (κ2) is 21.5. The van der Waals surface area contributed by atoms with Crippen LogP contribution in [0.1, 0.15) is 20.3 Å². The Hall–Kier alpha value is -0.230. The number of likely N-dealkylation sites (tertiary alicyclic amines) is 1. The summed E-state index contributed by atoms with van der Waals surface area (Å²) < 4.78 is 0. The highest BCUT2D eigenvalue weighted by molar-refractivity contribution is 8.76. The molecule has 2 aliphatic heterocycles. The summed E-state index contributed by atoms with van der Waals surface area (Å²) in [5.74, 6) is 1.56. The van der Waals surface area contributed by atoms with Gasteiger partial charge in [-0.25, -0.2) is 0 Å². The van der Waals surface area contributed by atoms with E-state index in [4.69, 9.17) is 0 Å². The lowest BCUT2D eigenvalue weighted by molar-refractivity contribution is -0.137. The number of thioether (sulfide) groups is 1. The van der Waals surface area contributed by atoms with Crippen molar-refractivity contribution in [3.63, 3.8) is 0 Å². The van der Waals surface area contributed by atoms with E-state index in [0.29, 0.717) is 6.42 Å². The van der Waals surface area contributed by atoms with E-state index < -0.39 is 0 Å². The van der Waals surface area contributed by atoms with Crippen LogP contribution in [-0.2, 0) is 19.2 Å². The summed E-state index contributed by atoms with van der Waals surface area (Å²) in [6, 6.07) is 0. The first-order chi connectivity index (χ1) is 13.2. The van der Waals surface area contributed by atoms with Crippen molar-refractivity contribution in [1.82, 2.24) is 9.80 Å². The molecule has 0 aromatic rings. The molecule has 6 nitrogen and oxygen atoms in total. The highest BCUT2D eigenvalue weighted by Crippen LogP contribution is 2.21. The van der Waals surface area contributed by atoms with Crippen LogP contribution in [0, 0.1) is 0 Å². The maximum Gasteiger partial charge on any atom is 0.253 e. The molecule has 0 aliphatic carbocycles. The van der Waals surface area contributed by atoms with Crippen molar-refractivity contribution < 1.29 is 19.2 Å². The largest absolute Gasteiger partial charge is 0.285 e. The van der Waals surface area contributed by atoms with Gasteiger partial charge in [-0.1, -0.05) is 35.4 Å². The molecule has 0 spiro atoms. The summed E-state index contributed by atoms with van der Waals surface area (Å²) in [5.41, 5.74) is 0. The fraction of sp³-hybridized carbons (Fsp3) is 0.647. The Morgan fingerprint density at radius 2 is 1.43 bits per heavy atom. The smallest absolute Gasteiger partial charge is 0.253 e. The fourth-order valence-corrected chi connectivity index (χ4v) is 3.11. The first-order valence-electron chi connectivity index (χ1n) is 8.25. The van der Waals surface area contributed by atoms with Gasteiger partial charge in [-0.05, 0) is 24.5 Å². The summed E-state index contributed by atoms with van der Waals surface area (Å²) in [6.07, 6.45) is 8.50. The van der Waals surface area contributed by atoms with Crippen molar-refractivity contribution >= 4 is 82.2 Å². The van der Waals surface area contributed by atoms with Gasteiger partial charge in [0.25, 0.3) is 11.8 Å². The van der Waals surface area contributed by atoms with E-state index in [0.717, 1.165) is 10.7 Å². The van der Waals surface area contributed by atoms with Crippen LogP contribution in [0.3, 0.4) is 0 Å². The van der Waals surface area contributed by atoms with Crippen LogP contribution >= 0.6 is 58.6 Å². The van der Waals surface area contributed by atoms with Gasteiger partial charge in [0.15, 0.2) is 0 Å². The Morgan fingerprint density at radius 3 is 1.54 bits per heavy atom. The minimum atomic E-state index is -0.241. The third-order valence-corrected chi connectivity index (χ3v) is 5.71. The van der Waals surface area contributed by atoms with Gasteiger partial charge in [0.05, 0.1) is 5.25 Å². The van der Waals surface area contributed by atoms with Crippen molar-refractivity contribution in [2.45, 2.75) is 25.5 Å². The molecule has 2 rings (SSSR count). The lowest BCUT2D eigenvalue weighted by Crippen LogP contribution is -2.26. The fourth-order valence-electron chi connectivity index (χ4n) is 1.50. The zero-order valence-electron chi connectivity index (χ0n) is 17.5. The molecule has 1 atom stereocenters. The van der Waals surface area contributed by atoms with Crippen molar-refractivity contribution in [3.05, 3.63) is 12.2 Å². The van der Waals surface area contributed by atoms with Crippen molar-refractivity contribution in [2.24, 2.45) is 0 Å². The van der Waals surface area contributed by atoms with Gasteiger partial charge in [0, 0.05) is 38.4 Å². The highest BCUT2D eigenvalue weighted by atomic mass is 33.1. The van der Waals surface area contributed by atoms with Crippen LogP contribution in [0.5, 0.6) is 0 Å². The number of likely N-dealkylation sites (N-methyl/N-ethyl adjacent to an activating group) is 1. The number of hydrogen-bond acceptors (Lipinski definition) is 9. The van der Waals surface area contributed by atoms with E-state index in [1.165, 1.54) is 48.7 Å². The lowest BCUT2D eigenvalue weighted by atomic mass is 10.4. The number of imide groups is 2. The molecule has 28 heavy (non-hydrogen) atoms. The quantitative estimate of drug-likeness (QED) is 0.359. The molecule has 1 unspecified atom stereocenters. The summed E-state index contributed by atoms with van der Waals surface area (Å²) in [6.45, 7) is 4.14. The monoisotopic (exact) mass is 488 g/mol. The number of nitrogens with zero attached hydrogens (tertiary/aromatic N) is 2. The molecule has 0 saturated carbocycles. The number of rotatable bonds is 3. The average Bonchev–Trinajstić information content (AvgIpc) is 3.12. The van der Waals surface area contributed by atoms with Crippen LogP contribution < -0.4 is 0 Å². The molecule has 11 heteroatoms. The maximum absolute atomic E-state index is 11.0. The van der Waals surface area contributed by atoms with Crippen molar-refractivity contribution in [1.29, 1.82) is 0 Å². The Bertz CT molecular complexity index is 484. The number of hydrogen-bond donors (Lipinski definition) is 2. The number of carbonyl (C=O) groups excluding carboxylic acids is 4. The van der Waals surface area contributed by atoms with Crippen LogP contribution in [0.15, 0.2) is 12.2 Å². The van der Waals surface area contributed by atoms with E-state index in [9.17, 15) is 19.2 Å². The van der Waals surface area contributed by atoms with E-state index in [2.05, 4.69) is 38.4 Å². The molecular formula is C17H32N2O4S5. The van der Waals surface area contributed by atoms with E-state index in [1.807, 2.05) is 34.8 Å². The average molecular weight is 489 g/mol. The SMILES string of the molecule is CCS.CCSSC.CN1C(=O)C=CC1=O.CS.CSC1CC(=O)N(C)C1=O. The third kappa shape index (κ3) is 14.7. The first kappa shape index (κ1) is 32.4. The minimum absolute atomic E-state index is 0.0579. The second-order valence-corrected chi connectivity index (χ2v) is 9.20. The van der Waals surface area contributed by atoms with E-state index >= 15 is 0 Å². The normalized spacial score (nSPS) is 17.0. The number of thiol groups is 2. The molecule has 4 amide bonds. The number of carbonyl (C=O) groups is 4. The molecule has 2 heterocycles. The first-order valence-corrected chi connectivity index (χ1v) is 13.8. The standard InChI is InChI=1S/C6H9NO2S.C5H5NO2.C3H8S2.C2H6S.CH4S/c1-7-5(8)3-4(10-2)6(7)9;1-6-4(7)2-3-5(6)8;1-3-5-4-2;1-2-3;1-2/h4H,3H2,1-2H3;2-3H,1H3;3H2,1-2H3;3H,2H2,1H3;2H,1H3. The zero-order valence-corrected chi connectivity index (χ0v) is 21.7. The molecule has 0 aromatic carbocycles. The molecule has 1 fully saturated rings. The zero-order chi connectivity index (χ0) is 22.7.